The molecule has 0 unspecified atom stereocenters. The van der Waals surface area contributed by atoms with Gasteiger partial charge in [-0.1, -0.05) is 23.7 Å². The molecular weight excluding hydrogens is 352 g/mol. The number of aryl methyl sites for hydroxylation is 2. The fourth-order valence-electron chi connectivity index (χ4n) is 2.62. The molecule has 5 nitrogen and oxygen atoms in total. The third-order valence-electron chi connectivity index (χ3n) is 4.04. The number of carbonyl (C=O) groups is 2. The van der Waals surface area contributed by atoms with E-state index in [-0.39, 0.29) is 24.8 Å². The molecule has 138 valence electrons. The molecule has 0 fully saturated rings. The molecule has 0 aliphatic carbocycles. The van der Waals surface area contributed by atoms with Crippen molar-refractivity contribution in [2.75, 3.05) is 23.9 Å². The third kappa shape index (κ3) is 4.99. The van der Waals surface area contributed by atoms with Gasteiger partial charge in [0.05, 0.1) is 12.8 Å². The molecule has 0 aliphatic rings. The van der Waals surface area contributed by atoms with Crippen LogP contribution in [0.5, 0.6) is 5.75 Å². The van der Waals surface area contributed by atoms with Crippen LogP contribution in [0.1, 0.15) is 24.5 Å². The number of anilines is 2. The highest BCUT2D eigenvalue weighted by Gasteiger charge is 2.18. The number of methoxy groups -OCH3 is 1. The molecule has 0 aliphatic heterocycles. The van der Waals surface area contributed by atoms with Crippen molar-refractivity contribution in [1.82, 2.24) is 0 Å². The van der Waals surface area contributed by atoms with Gasteiger partial charge < -0.3 is 15.0 Å². The van der Waals surface area contributed by atoms with Crippen molar-refractivity contribution >= 4 is 34.8 Å². The zero-order chi connectivity index (χ0) is 19.3. The van der Waals surface area contributed by atoms with Crippen LogP contribution < -0.4 is 15.0 Å². The number of carbonyl (C=O) groups excluding carboxylic acids is 2. The van der Waals surface area contributed by atoms with Gasteiger partial charge in [-0.25, -0.2) is 0 Å². The number of halogens is 1. The first-order valence-electron chi connectivity index (χ1n) is 8.30. The highest BCUT2D eigenvalue weighted by Crippen LogP contribution is 2.31. The Labute approximate surface area is 158 Å². The quantitative estimate of drug-likeness (QED) is 0.817. The second-order valence-electron chi connectivity index (χ2n) is 6.10. The van der Waals surface area contributed by atoms with Crippen LogP contribution >= 0.6 is 11.6 Å². The van der Waals surface area contributed by atoms with Crippen LogP contribution in [0.4, 0.5) is 11.4 Å². The first kappa shape index (κ1) is 19.8. The van der Waals surface area contributed by atoms with Gasteiger partial charge in [0.2, 0.25) is 11.8 Å². The molecule has 0 aromatic heterocycles. The van der Waals surface area contributed by atoms with E-state index in [1.54, 1.807) is 18.2 Å². The van der Waals surface area contributed by atoms with Crippen molar-refractivity contribution in [3.8, 4) is 5.75 Å². The average Bonchev–Trinajstić information content (AvgIpc) is 2.58. The summed E-state index contributed by atoms with van der Waals surface area (Å²) in [6.07, 6.45) is 0.155. The van der Waals surface area contributed by atoms with E-state index in [0.717, 1.165) is 16.8 Å². The van der Waals surface area contributed by atoms with E-state index in [9.17, 15) is 9.59 Å². The molecule has 2 aromatic carbocycles. The minimum absolute atomic E-state index is 0.155. The Kier molecular flexibility index (Phi) is 6.64. The predicted molar refractivity (Wildman–Crippen MR) is 105 cm³/mol. The van der Waals surface area contributed by atoms with Gasteiger partial charge in [-0.05, 0) is 49.2 Å². The standard InChI is InChI=1S/C20H23ClN2O3/c1-13-5-6-14(2)17(11-13)22-20(25)9-10-23(15(3)24)18-12-16(21)7-8-19(18)26-4/h5-8,11-12H,9-10H2,1-4H3,(H,22,25). The van der Waals surface area contributed by atoms with E-state index in [2.05, 4.69) is 5.32 Å². The fourth-order valence-corrected chi connectivity index (χ4v) is 2.78. The molecule has 6 heteroatoms. The first-order valence-corrected chi connectivity index (χ1v) is 8.68. The molecule has 0 bridgehead atoms. The molecule has 0 heterocycles. The lowest BCUT2D eigenvalue weighted by Gasteiger charge is -2.23. The van der Waals surface area contributed by atoms with Gasteiger partial charge in [0.25, 0.3) is 0 Å². The van der Waals surface area contributed by atoms with Crippen LogP contribution in [0.3, 0.4) is 0 Å². The molecule has 0 atom stereocenters. The van der Waals surface area contributed by atoms with Crippen molar-refractivity contribution < 1.29 is 14.3 Å². The molecular formula is C20H23ClN2O3. The highest BCUT2D eigenvalue weighted by atomic mass is 35.5. The second-order valence-corrected chi connectivity index (χ2v) is 6.54. The van der Waals surface area contributed by atoms with E-state index in [1.165, 1.54) is 18.9 Å². The Bertz CT molecular complexity index is 821. The maximum Gasteiger partial charge on any atom is 0.226 e. The largest absolute Gasteiger partial charge is 0.495 e. The number of ether oxygens (including phenoxy) is 1. The van der Waals surface area contributed by atoms with Gasteiger partial charge in [0, 0.05) is 30.6 Å². The summed E-state index contributed by atoms with van der Waals surface area (Å²) in [5.41, 5.74) is 3.39. The molecule has 0 saturated carbocycles. The van der Waals surface area contributed by atoms with Gasteiger partial charge in [0.15, 0.2) is 0 Å². The SMILES string of the molecule is COc1ccc(Cl)cc1N(CCC(=O)Nc1cc(C)ccc1C)C(C)=O. The lowest BCUT2D eigenvalue weighted by Crippen LogP contribution is -2.32. The zero-order valence-electron chi connectivity index (χ0n) is 15.4. The summed E-state index contributed by atoms with van der Waals surface area (Å²) < 4.78 is 5.31. The molecule has 2 rings (SSSR count). The first-order chi connectivity index (χ1) is 12.3. The fraction of sp³-hybridized carbons (Fsp3) is 0.300. The van der Waals surface area contributed by atoms with Crippen molar-refractivity contribution in [1.29, 1.82) is 0 Å². The maximum absolute atomic E-state index is 12.3. The lowest BCUT2D eigenvalue weighted by atomic mass is 10.1. The predicted octanol–water partition coefficient (Wildman–Crippen LogP) is 4.35. The number of rotatable bonds is 6. The van der Waals surface area contributed by atoms with Crippen molar-refractivity contribution in [2.45, 2.75) is 27.2 Å². The molecule has 0 radical (unpaired) electrons. The van der Waals surface area contributed by atoms with Crippen LogP contribution in [0, 0.1) is 13.8 Å². The van der Waals surface area contributed by atoms with Gasteiger partial charge in [-0.2, -0.15) is 0 Å². The van der Waals surface area contributed by atoms with Crippen LogP contribution in [-0.4, -0.2) is 25.5 Å². The average molecular weight is 375 g/mol. The third-order valence-corrected chi connectivity index (χ3v) is 4.28. The molecule has 1 N–H and O–H groups in total. The van der Waals surface area contributed by atoms with Gasteiger partial charge in [-0.15, -0.1) is 0 Å². The Morgan fingerprint density at radius 1 is 1.15 bits per heavy atom. The number of nitrogens with zero attached hydrogens (tertiary/aromatic N) is 1. The van der Waals surface area contributed by atoms with Crippen molar-refractivity contribution in [3.63, 3.8) is 0 Å². The van der Waals surface area contributed by atoms with E-state index in [0.29, 0.717) is 16.5 Å². The summed E-state index contributed by atoms with van der Waals surface area (Å²) >= 11 is 6.05. The number of amides is 2. The summed E-state index contributed by atoms with van der Waals surface area (Å²) in [6.45, 7) is 5.58. The van der Waals surface area contributed by atoms with Crippen molar-refractivity contribution in [2.24, 2.45) is 0 Å². The molecule has 0 saturated heterocycles. The topological polar surface area (TPSA) is 58.6 Å². The van der Waals surface area contributed by atoms with E-state index >= 15 is 0 Å². The Hall–Kier alpha value is -2.53. The van der Waals surface area contributed by atoms with Gasteiger partial charge in [0.1, 0.15) is 5.75 Å². The minimum Gasteiger partial charge on any atom is -0.495 e. The second kappa shape index (κ2) is 8.72. The summed E-state index contributed by atoms with van der Waals surface area (Å²) in [5, 5.41) is 3.40. The van der Waals surface area contributed by atoms with Gasteiger partial charge >= 0.3 is 0 Å². The van der Waals surface area contributed by atoms with Crippen LogP contribution in [0.25, 0.3) is 0 Å². The number of benzene rings is 2. The van der Waals surface area contributed by atoms with Crippen molar-refractivity contribution in [3.05, 3.63) is 52.5 Å². The summed E-state index contributed by atoms with van der Waals surface area (Å²) in [7, 11) is 1.53. The van der Waals surface area contributed by atoms with Gasteiger partial charge in [-0.3, -0.25) is 9.59 Å². The summed E-state index contributed by atoms with van der Waals surface area (Å²) in [5.74, 6) is 0.176. The maximum atomic E-state index is 12.3. The number of hydrogen-bond donors (Lipinski definition) is 1. The smallest absolute Gasteiger partial charge is 0.226 e. The lowest BCUT2D eigenvalue weighted by molar-refractivity contribution is -0.117. The number of hydrogen-bond acceptors (Lipinski definition) is 3. The molecule has 0 spiro atoms. The monoisotopic (exact) mass is 374 g/mol. The molecule has 26 heavy (non-hydrogen) atoms. The molecule has 2 aromatic rings. The zero-order valence-corrected chi connectivity index (χ0v) is 16.2. The number of nitrogens with one attached hydrogen (secondary N) is 1. The normalized spacial score (nSPS) is 10.3. The Balaban J connectivity index is 2.12. The summed E-state index contributed by atoms with van der Waals surface area (Å²) in [4.78, 5) is 25.9. The molecule has 2 amide bonds. The van der Waals surface area contributed by atoms with E-state index < -0.39 is 0 Å². The van der Waals surface area contributed by atoms with Crippen LogP contribution in [0.2, 0.25) is 5.02 Å². The van der Waals surface area contributed by atoms with E-state index in [4.69, 9.17) is 16.3 Å². The minimum atomic E-state index is -0.190. The van der Waals surface area contributed by atoms with Crippen LogP contribution in [-0.2, 0) is 9.59 Å². The summed E-state index contributed by atoms with van der Waals surface area (Å²) in [6, 6.07) is 10.9. The van der Waals surface area contributed by atoms with Crippen LogP contribution in [0.15, 0.2) is 36.4 Å². The highest BCUT2D eigenvalue weighted by molar-refractivity contribution is 6.31. The van der Waals surface area contributed by atoms with E-state index in [1.807, 2.05) is 32.0 Å². The Morgan fingerprint density at radius 3 is 2.54 bits per heavy atom. The Morgan fingerprint density at radius 2 is 1.88 bits per heavy atom.